The van der Waals surface area contributed by atoms with Crippen LogP contribution in [0.3, 0.4) is 0 Å². The molecule has 88 valence electrons. The van der Waals surface area contributed by atoms with E-state index in [2.05, 4.69) is 4.99 Å². The van der Waals surface area contributed by atoms with Gasteiger partial charge in [0.2, 0.25) is 0 Å². The Kier molecular flexibility index (Phi) is 4.02. The van der Waals surface area contributed by atoms with Crippen LogP contribution in [0, 0.1) is 17.2 Å². The fourth-order valence-electron chi connectivity index (χ4n) is 1.27. The summed E-state index contributed by atoms with van der Waals surface area (Å²) in [5, 5.41) is 8.96. The Morgan fingerprint density at radius 1 is 1.62 bits per heavy atom. The van der Waals surface area contributed by atoms with Gasteiger partial charge in [-0.05, 0) is 20.8 Å². The Morgan fingerprint density at radius 3 is 2.75 bits per heavy atom. The van der Waals surface area contributed by atoms with Gasteiger partial charge in [-0.15, -0.1) is 0 Å². The van der Waals surface area contributed by atoms with Gasteiger partial charge in [0.05, 0.1) is 31.5 Å². The summed E-state index contributed by atoms with van der Waals surface area (Å²) in [4.78, 5) is 15.8. The van der Waals surface area contributed by atoms with E-state index >= 15 is 0 Å². The Balaban J connectivity index is 2.71. The summed E-state index contributed by atoms with van der Waals surface area (Å²) >= 11 is 0. The predicted octanol–water partition coefficient (Wildman–Crippen LogP) is 0.939. The molecule has 1 heterocycles. The number of ether oxygens (including phenoxy) is 2. The fourth-order valence-corrected chi connectivity index (χ4v) is 1.27. The lowest BCUT2D eigenvalue weighted by Crippen LogP contribution is -2.35. The monoisotopic (exact) mass is 224 g/mol. The smallest absolute Gasteiger partial charge is 0.329 e. The molecule has 0 bridgehead atoms. The SMILES string of the molecule is CC(C)(C)OC(=O)C(C#N)C1=NCCOC1. The van der Waals surface area contributed by atoms with E-state index < -0.39 is 17.5 Å². The van der Waals surface area contributed by atoms with E-state index in [1.807, 2.05) is 6.07 Å². The number of hydrogen-bond donors (Lipinski definition) is 0. The van der Waals surface area contributed by atoms with Crippen molar-refractivity contribution in [1.82, 2.24) is 0 Å². The van der Waals surface area contributed by atoms with Crippen molar-refractivity contribution in [1.29, 1.82) is 5.26 Å². The molecule has 0 aromatic rings. The molecular formula is C11H16N2O3. The first-order valence-corrected chi connectivity index (χ1v) is 5.17. The number of carbonyl (C=O) groups excluding carboxylic acids is 1. The standard InChI is InChI=1S/C11H16N2O3/c1-11(2,3)16-10(14)8(6-12)9-7-15-5-4-13-9/h8H,4-5,7H2,1-3H3. The van der Waals surface area contributed by atoms with E-state index in [1.54, 1.807) is 20.8 Å². The molecule has 0 radical (unpaired) electrons. The lowest BCUT2D eigenvalue weighted by Gasteiger charge is -2.22. The Hall–Kier alpha value is -1.41. The van der Waals surface area contributed by atoms with E-state index in [0.717, 1.165) is 0 Å². The first-order chi connectivity index (χ1) is 7.44. The van der Waals surface area contributed by atoms with Crippen molar-refractivity contribution in [2.24, 2.45) is 10.9 Å². The normalized spacial score (nSPS) is 18.2. The Bertz CT molecular complexity index is 336. The molecule has 0 amide bonds. The van der Waals surface area contributed by atoms with Crippen LogP contribution in [0.15, 0.2) is 4.99 Å². The molecule has 5 nitrogen and oxygen atoms in total. The highest BCUT2D eigenvalue weighted by atomic mass is 16.6. The third-order valence-electron chi connectivity index (χ3n) is 1.91. The molecule has 0 saturated carbocycles. The highest BCUT2D eigenvalue weighted by molar-refractivity contribution is 6.05. The molecule has 1 aliphatic heterocycles. The van der Waals surface area contributed by atoms with Gasteiger partial charge >= 0.3 is 5.97 Å². The van der Waals surface area contributed by atoms with Crippen LogP contribution in [0.1, 0.15) is 20.8 Å². The number of rotatable bonds is 2. The minimum absolute atomic E-state index is 0.234. The van der Waals surface area contributed by atoms with E-state index in [-0.39, 0.29) is 6.61 Å². The molecule has 0 fully saturated rings. The summed E-state index contributed by atoms with van der Waals surface area (Å²) in [6.45, 7) is 6.55. The zero-order valence-corrected chi connectivity index (χ0v) is 9.82. The Labute approximate surface area is 95.1 Å². The van der Waals surface area contributed by atoms with Crippen LogP contribution in [-0.4, -0.2) is 37.0 Å². The van der Waals surface area contributed by atoms with Gasteiger partial charge < -0.3 is 9.47 Å². The maximum absolute atomic E-state index is 11.7. The van der Waals surface area contributed by atoms with Crippen molar-refractivity contribution in [3.05, 3.63) is 0 Å². The molecule has 0 N–H and O–H groups in total. The number of aliphatic imine (C=N–C) groups is 1. The van der Waals surface area contributed by atoms with Crippen LogP contribution in [-0.2, 0) is 14.3 Å². The molecule has 1 rings (SSSR count). The minimum Gasteiger partial charge on any atom is -0.459 e. The van der Waals surface area contributed by atoms with E-state index in [9.17, 15) is 4.79 Å². The van der Waals surface area contributed by atoms with Gasteiger partial charge in [0.25, 0.3) is 0 Å². The number of nitriles is 1. The quantitative estimate of drug-likeness (QED) is 0.654. The number of nitrogens with zero attached hydrogens (tertiary/aromatic N) is 2. The summed E-state index contributed by atoms with van der Waals surface area (Å²) < 4.78 is 10.3. The van der Waals surface area contributed by atoms with Crippen molar-refractivity contribution in [2.75, 3.05) is 19.8 Å². The van der Waals surface area contributed by atoms with Crippen LogP contribution in [0.2, 0.25) is 0 Å². The Morgan fingerprint density at radius 2 is 2.31 bits per heavy atom. The molecule has 5 heteroatoms. The lowest BCUT2D eigenvalue weighted by molar-refractivity contribution is -0.155. The molecule has 0 aliphatic carbocycles. The minimum atomic E-state index is -0.945. The molecule has 0 aromatic carbocycles. The fraction of sp³-hybridized carbons (Fsp3) is 0.727. The van der Waals surface area contributed by atoms with E-state index in [1.165, 1.54) is 0 Å². The molecule has 0 saturated heterocycles. The molecule has 0 aromatic heterocycles. The zero-order valence-electron chi connectivity index (χ0n) is 9.82. The summed E-state index contributed by atoms with van der Waals surface area (Å²) in [6.07, 6.45) is 0. The average Bonchev–Trinajstić information content (AvgIpc) is 2.17. The van der Waals surface area contributed by atoms with Crippen LogP contribution < -0.4 is 0 Å². The van der Waals surface area contributed by atoms with Gasteiger partial charge in [-0.3, -0.25) is 9.79 Å². The molecule has 16 heavy (non-hydrogen) atoms. The van der Waals surface area contributed by atoms with Gasteiger partial charge in [0.1, 0.15) is 5.60 Å². The third kappa shape index (κ3) is 3.63. The van der Waals surface area contributed by atoms with Crippen LogP contribution >= 0.6 is 0 Å². The zero-order chi connectivity index (χ0) is 12.2. The number of esters is 1. The number of carbonyl (C=O) groups is 1. The first kappa shape index (κ1) is 12.7. The second-order valence-corrected chi connectivity index (χ2v) is 4.52. The molecule has 1 aliphatic rings. The molecular weight excluding hydrogens is 208 g/mol. The summed E-state index contributed by atoms with van der Waals surface area (Å²) in [7, 11) is 0. The molecule has 1 unspecified atom stereocenters. The van der Waals surface area contributed by atoms with E-state index in [4.69, 9.17) is 14.7 Å². The van der Waals surface area contributed by atoms with Crippen molar-refractivity contribution in [3.8, 4) is 6.07 Å². The second-order valence-electron chi connectivity index (χ2n) is 4.52. The topological polar surface area (TPSA) is 71.7 Å². The maximum Gasteiger partial charge on any atom is 0.329 e. The van der Waals surface area contributed by atoms with Gasteiger partial charge in [0.15, 0.2) is 5.92 Å². The van der Waals surface area contributed by atoms with Gasteiger partial charge in [-0.1, -0.05) is 0 Å². The summed E-state index contributed by atoms with van der Waals surface area (Å²) in [5.41, 5.74) is -0.134. The number of hydrogen-bond acceptors (Lipinski definition) is 5. The first-order valence-electron chi connectivity index (χ1n) is 5.17. The van der Waals surface area contributed by atoms with Crippen LogP contribution in [0.4, 0.5) is 0 Å². The molecule has 0 spiro atoms. The van der Waals surface area contributed by atoms with Gasteiger partial charge in [0, 0.05) is 0 Å². The second kappa shape index (κ2) is 5.08. The van der Waals surface area contributed by atoms with Crippen molar-refractivity contribution >= 4 is 11.7 Å². The van der Waals surface area contributed by atoms with Gasteiger partial charge in [-0.2, -0.15) is 5.26 Å². The van der Waals surface area contributed by atoms with Gasteiger partial charge in [-0.25, -0.2) is 0 Å². The largest absolute Gasteiger partial charge is 0.459 e. The molecule has 1 atom stereocenters. The average molecular weight is 224 g/mol. The summed E-state index contributed by atoms with van der Waals surface area (Å²) in [6, 6.07) is 1.91. The highest BCUT2D eigenvalue weighted by Gasteiger charge is 2.30. The third-order valence-corrected chi connectivity index (χ3v) is 1.91. The van der Waals surface area contributed by atoms with E-state index in [0.29, 0.717) is 18.9 Å². The van der Waals surface area contributed by atoms with Crippen molar-refractivity contribution in [2.45, 2.75) is 26.4 Å². The van der Waals surface area contributed by atoms with Crippen molar-refractivity contribution < 1.29 is 14.3 Å². The maximum atomic E-state index is 11.7. The van der Waals surface area contributed by atoms with Crippen LogP contribution in [0.5, 0.6) is 0 Å². The summed E-state index contributed by atoms with van der Waals surface area (Å²) in [5.74, 6) is -1.50. The highest BCUT2D eigenvalue weighted by Crippen LogP contribution is 2.13. The predicted molar refractivity (Wildman–Crippen MR) is 58.1 cm³/mol. The lowest BCUT2D eigenvalue weighted by atomic mass is 10.0. The van der Waals surface area contributed by atoms with Crippen LogP contribution in [0.25, 0.3) is 0 Å². The van der Waals surface area contributed by atoms with Crippen molar-refractivity contribution in [3.63, 3.8) is 0 Å².